The first-order valence-electron chi connectivity index (χ1n) is 9.85. The van der Waals surface area contributed by atoms with Gasteiger partial charge in [-0.25, -0.2) is 0 Å². The van der Waals surface area contributed by atoms with Crippen LogP contribution in [0.4, 0.5) is 0 Å². The molecule has 0 spiro atoms. The van der Waals surface area contributed by atoms with Gasteiger partial charge in [0.25, 0.3) is 0 Å². The number of hydrogen-bond acceptors (Lipinski definition) is 4. The molecule has 2 aliphatic rings. The molecule has 2 unspecified atom stereocenters. The summed E-state index contributed by atoms with van der Waals surface area (Å²) in [5, 5.41) is 6.27. The third kappa shape index (κ3) is 5.91. The van der Waals surface area contributed by atoms with Crippen molar-refractivity contribution < 1.29 is 9.59 Å². The molecule has 7 heteroatoms. The van der Waals surface area contributed by atoms with Crippen LogP contribution in [0.1, 0.15) is 57.1 Å². The van der Waals surface area contributed by atoms with E-state index in [1.54, 1.807) is 13.1 Å². The van der Waals surface area contributed by atoms with E-state index in [2.05, 4.69) is 15.6 Å². The maximum absolute atomic E-state index is 13.0. The largest absolute Gasteiger partial charge is 0.345 e. The molecule has 1 aliphatic heterocycles. The molecule has 1 saturated carbocycles. The SMILES string of the molecule is CC(NC(=O)CC1CCCCC1)C(=O)N1CCNCC1c1cccnc1.Cl. The van der Waals surface area contributed by atoms with Gasteiger partial charge in [-0.15, -0.1) is 12.4 Å². The summed E-state index contributed by atoms with van der Waals surface area (Å²) in [6.07, 6.45) is 10.1. The van der Waals surface area contributed by atoms with Gasteiger partial charge in [-0.1, -0.05) is 25.3 Å². The fraction of sp³-hybridized carbons (Fsp3) is 0.650. The van der Waals surface area contributed by atoms with Gasteiger partial charge in [0.15, 0.2) is 0 Å². The molecule has 1 aromatic heterocycles. The van der Waals surface area contributed by atoms with Crippen molar-refractivity contribution in [1.29, 1.82) is 0 Å². The maximum atomic E-state index is 13.0. The lowest BCUT2D eigenvalue weighted by atomic mass is 9.87. The molecule has 1 aliphatic carbocycles. The second-order valence-corrected chi connectivity index (χ2v) is 7.54. The first-order valence-corrected chi connectivity index (χ1v) is 9.85. The molecule has 6 nitrogen and oxygen atoms in total. The summed E-state index contributed by atoms with van der Waals surface area (Å²) in [6.45, 7) is 3.91. The predicted molar refractivity (Wildman–Crippen MR) is 108 cm³/mol. The second-order valence-electron chi connectivity index (χ2n) is 7.54. The van der Waals surface area contributed by atoms with Gasteiger partial charge in [-0.3, -0.25) is 14.6 Å². The number of nitrogens with one attached hydrogen (secondary N) is 2. The van der Waals surface area contributed by atoms with E-state index in [0.29, 0.717) is 25.4 Å². The Labute approximate surface area is 167 Å². The summed E-state index contributed by atoms with van der Waals surface area (Å²) in [4.78, 5) is 31.4. The average Bonchev–Trinajstić information content (AvgIpc) is 2.68. The van der Waals surface area contributed by atoms with Gasteiger partial charge in [0.05, 0.1) is 6.04 Å². The van der Waals surface area contributed by atoms with Crippen molar-refractivity contribution in [3.05, 3.63) is 30.1 Å². The highest BCUT2D eigenvalue weighted by Crippen LogP contribution is 2.26. The Morgan fingerprint density at radius 3 is 2.81 bits per heavy atom. The zero-order valence-corrected chi connectivity index (χ0v) is 16.8. The monoisotopic (exact) mass is 394 g/mol. The molecule has 2 fully saturated rings. The number of hydrogen-bond donors (Lipinski definition) is 2. The van der Waals surface area contributed by atoms with Crippen LogP contribution in [0.25, 0.3) is 0 Å². The number of nitrogens with zero attached hydrogens (tertiary/aromatic N) is 2. The number of halogens is 1. The summed E-state index contributed by atoms with van der Waals surface area (Å²) in [5.74, 6) is 0.469. The Morgan fingerprint density at radius 2 is 2.11 bits per heavy atom. The van der Waals surface area contributed by atoms with Crippen molar-refractivity contribution >= 4 is 24.2 Å². The minimum Gasteiger partial charge on any atom is -0.345 e. The van der Waals surface area contributed by atoms with Gasteiger partial charge in [-0.2, -0.15) is 0 Å². The zero-order valence-electron chi connectivity index (χ0n) is 16.0. The van der Waals surface area contributed by atoms with Gasteiger partial charge < -0.3 is 15.5 Å². The number of piperazine rings is 1. The van der Waals surface area contributed by atoms with Crippen LogP contribution in [0.2, 0.25) is 0 Å². The van der Waals surface area contributed by atoms with E-state index < -0.39 is 6.04 Å². The Hall–Kier alpha value is -1.66. The Kier molecular flexibility index (Phi) is 8.51. The van der Waals surface area contributed by atoms with E-state index in [0.717, 1.165) is 24.9 Å². The summed E-state index contributed by atoms with van der Waals surface area (Å²) < 4.78 is 0. The van der Waals surface area contributed by atoms with Crippen LogP contribution in [0.5, 0.6) is 0 Å². The summed E-state index contributed by atoms with van der Waals surface area (Å²) >= 11 is 0. The Morgan fingerprint density at radius 1 is 1.33 bits per heavy atom. The van der Waals surface area contributed by atoms with Crippen molar-refractivity contribution in [2.75, 3.05) is 19.6 Å². The molecule has 0 bridgehead atoms. The van der Waals surface area contributed by atoms with Gasteiger partial charge >= 0.3 is 0 Å². The number of rotatable bonds is 5. The van der Waals surface area contributed by atoms with E-state index >= 15 is 0 Å². The first kappa shape index (κ1) is 21.6. The summed E-state index contributed by atoms with van der Waals surface area (Å²) in [6, 6.07) is 3.35. The van der Waals surface area contributed by atoms with Gasteiger partial charge in [0.2, 0.25) is 11.8 Å². The first-order chi connectivity index (χ1) is 12.6. The molecule has 2 heterocycles. The number of aromatic nitrogens is 1. The van der Waals surface area contributed by atoms with Crippen LogP contribution in [-0.4, -0.2) is 47.4 Å². The van der Waals surface area contributed by atoms with Crippen LogP contribution in [0, 0.1) is 5.92 Å². The van der Waals surface area contributed by atoms with Gasteiger partial charge in [0.1, 0.15) is 6.04 Å². The number of carbonyl (C=O) groups is 2. The Balaban J connectivity index is 0.00000261. The van der Waals surface area contributed by atoms with E-state index in [1.165, 1.54) is 19.3 Å². The third-order valence-corrected chi connectivity index (χ3v) is 5.54. The van der Waals surface area contributed by atoms with E-state index in [9.17, 15) is 9.59 Å². The van der Waals surface area contributed by atoms with Crippen molar-refractivity contribution in [3.8, 4) is 0 Å². The molecule has 1 saturated heterocycles. The van der Waals surface area contributed by atoms with Crippen LogP contribution >= 0.6 is 12.4 Å². The predicted octanol–water partition coefficient (Wildman–Crippen LogP) is 2.45. The molecule has 150 valence electrons. The van der Waals surface area contributed by atoms with Crippen LogP contribution in [0.3, 0.4) is 0 Å². The molecule has 0 aromatic carbocycles. The van der Waals surface area contributed by atoms with Gasteiger partial charge in [-0.05, 0) is 37.3 Å². The standard InChI is InChI=1S/C20H30N4O2.ClH/c1-15(23-19(25)12-16-6-3-2-4-7-16)20(26)24-11-10-22-14-18(24)17-8-5-9-21-13-17;/h5,8-9,13,15-16,18,22H,2-4,6-7,10-12,14H2,1H3,(H,23,25);1H. The fourth-order valence-corrected chi connectivity index (χ4v) is 4.10. The molecule has 0 radical (unpaired) electrons. The van der Waals surface area contributed by atoms with Crippen molar-refractivity contribution in [2.24, 2.45) is 5.92 Å². The van der Waals surface area contributed by atoms with Crippen molar-refractivity contribution in [3.63, 3.8) is 0 Å². The fourth-order valence-electron chi connectivity index (χ4n) is 4.10. The minimum absolute atomic E-state index is 0. The second kappa shape index (κ2) is 10.6. The topological polar surface area (TPSA) is 74.3 Å². The maximum Gasteiger partial charge on any atom is 0.245 e. The molecular weight excluding hydrogens is 364 g/mol. The molecular formula is C20H31ClN4O2. The molecule has 1 aromatic rings. The highest BCUT2D eigenvalue weighted by molar-refractivity contribution is 5.87. The van der Waals surface area contributed by atoms with E-state index in [4.69, 9.17) is 0 Å². The van der Waals surface area contributed by atoms with Crippen LogP contribution in [-0.2, 0) is 9.59 Å². The zero-order chi connectivity index (χ0) is 18.4. The summed E-state index contributed by atoms with van der Waals surface area (Å²) in [5.41, 5.74) is 1.02. The lowest BCUT2D eigenvalue weighted by molar-refractivity contribution is -0.139. The average molecular weight is 395 g/mol. The van der Waals surface area contributed by atoms with E-state index in [-0.39, 0.29) is 30.3 Å². The van der Waals surface area contributed by atoms with Crippen LogP contribution < -0.4 is 10.6 Å². The Bertz CT molecular complexity index is 607. The molecule has 2 atom stereocenters. The lowest BCUT2D eigenvalue weighted by Crippen LogP contribution is -2.54. The summed E-state index contributed by atoms with van der Waals surface area (Å²) in [7, 11) is 0. The minimum atomic E-state index is -0.497. The van der Waals surface area contributed by atoms with Gasteiger partial charge in [0, 0.05) is 38.4 Å². The highest BCUT2D eigenvalue weighted by atomic mass is 35.5. The number of pyridine rings is 1. The van der Waals surface area contributed by atoms with Crippen LogP contribution in [0.15, 0.2) is 24.5 Å². The quantitative estimate of drug-likeness (QED) is 0.804. The third-order valence-electron chi connectivity index (χ3n) is 5.54. The molecule has 27 heavy (non-hydrogen) atoms. The number of carbonyl (C=O) groups excluding carboxylic acids is 2. The van der Waals surface area contributed by atoms with Crippen molar-refractivity contribution in [1.82, 2.24) is 20.5 Å². The smallest absolute Gasteiger partial charge is 0.245 e. The van der Waals surface area contributed by atoms with E-state index in [1.807, 2.05) is 23.2 Å². The lowest BCUT2D eigenvalue weighted by Gasteiger charge is -2.38. The molecule has 3 rings (SSSR count). The highest BCUT2D eigenvalue weighted by Gasteiger charge is 2.31. The van der Waals surface area contributed by atoms with Crippen molar-refractivity contribution in [2.45, 2.75) is 57.5 Å². The number of amides is 2. The normalized spacial score (nSPS) is 21.8. The molecule has 2 amide bonds. The molecule has 2 N–H and O–H groups in total.